The average molecular weight is 378 g/mol. The molecule has 1 aromatic carbocycles. The van der Waals surface area contributed by atoms with Crippen LogP contribution in [-0.4, -0.2) is 27.5 Å². The van der Waals surface area contributed by atoms with Crippen molar-refractivity contribution in [3.05, 3.63) is 59.5 Å². The second-order valence-corrected chi connectivity index (χ2v) is 7.09. The third-order valence-electron chi connectivity index (χ3n) is 4.91. The Labute approximate surface area is 164 Å². The van der Waals surface area contributed by atoms with Crippen molar-refractivity contribution in [3.8, 4) is 11.5 Å². The Morgan fingerprint density at radius 2 is 1.89 bits per heavy atom. The van der Waals surface area contributed by atoms with Crippen molar-refractivity contribution in [2.45, 2.75) is 45.8 Å². The SMILES string of the molecule is CN=C(NCc1coc(-c2ccc(C)cc2)n1)NCc1cn2c(n1)CCCC2. The van der Waals surface area contributed by atoms with Gasteiger partial charge in [0.05, 0.1) is 24.5 Å². The zero-order chi connectivity index (χ0) is 19.3. The van der Waals surface area contributed by atoms with E-state index in [1.807, 2.05) is 12.1 Å². The maximum atomic E-state index is 5.61. The van der Waals surface area contributed by atoms with E-state index < -0.39 is 0 Å². The Hall–Kier alpha value is -3.09. The molecule has 1 aliphatic rings. The summed E-state index contributed by atoms with van der Waals surface area (Å²) in [4.78, 5) is 13.5. The molecule has 0 spiro atoms. The third kappa shape index (κ3) is 4.24. The molecule has 0 unspecified atom stereocenters. The number of fused-ring (bicyclic) bond motifs is 1. The average Bonchev–Trinajstić information content (AvgIpc) is 3.35. The minimum Gasteiger partial charge on any atom is -0.444 e. The molecule has 0 bridgehead atoms. The number of guanidine groups is 1. The van der Waals surface area contributed by atoms with Gasteiger partial charge in [-0.25, -0.2) is 9.97 Å². The Morgan fingerprint density at radius 1 is 1.11 bits per heavy atom. The van der Waals surface area contributed by atoms with Gasteiger partial charge in [0.15, 0.2) is 5.96 Å². The number of aryl methyl sites for hydroxylation is 3. The molecule has 0 radical (unpaired) electrons. The van der Waals surface area contributed by atoms with E-state index in [4.69, 9.17) is 9.40 Å². The van der Waals surface area contributed by atoms with Crippen molar-refractivity contribution in [1.29, 1.82) is 0 Å². The second kappa shape index (κ2) is 8.29. The fraction of sp³-hybridized carbons (Fsp3) is 0.381. The highest BCUT2D eigenvalue weighted by molar-refractivity contribution is 5.79. The van der Waals surface area contributed by atoms with Gasteiger partial charge >= 0.3 is 0 Å². The van der Waals surface area contributed by atoms with Crippen molar-refractivity contribution in [2.75, 3.05) is 7.05 Å². The van der Waals surface area contributed by atoms with Crippen molar-refractivity contribution in [2.24, 2.45) is 4.99 Å². The molecule has 28 heavy (non-hydrogen) atoms. The highest BCUT2D eigenvalue weighted by Crippen LogP contribution is 2.19. The van der Waals surface area contributed by atoms with Crippen LogP contribution in [0.25, 0.3) is 11.5 Å². The van der Waals surface area contributed by atoms with E-state index in [1.54, 1.807) is 13.3 Å². The van der Waals surface area contributed by atoms with Crippen LogP contribution < -0.4 is 10.6 Å². The topological polar surface area (TPSA) is 80.3 Å². The van der Waals surface area contributed by atoms with Crippen LogP contribution in [0.1, 0.15) is 35.6 Å². The van der Waals surface area contributed by atoms with Crippen LogP contribution in [0, 0.1) is 6.92 Å². The van der Waals surface area contributed by atoms with Gasteiger partial charge in [-0.15, -0.1) is 0 Å². The number of aliphatic imine (C=N–C) groups is 1. The van der Waals surface area contributed by atoms with E-state index in [9.17, 15) is 0 Å². The molecule has 7 heteroatoms. The summed E-state index contributed by atoms with van der Waals surface area (Å²) in [6.07, 6.45) is 7.36. The monoisotopic (exact) mass is 378 g/mol. The molecule has 0 fully saturated rings. The smallest absolute Gasteiger partial charge is 0.226 e. The third-order valence-corrected chi connectivity index (χ3v) is 4.91. The minimum atomic E-state index is 0.536. The summed E-state index contributed by atoms with van der Waals surface area (Å²) in [5, 5.41) is 6.59. The van der Waals surface area contributed by atoms with Crippen LogP contribution in [0.2, 0.25) is 0 Å². The van der Waals surface area contributed by atoms with Crippen molar-refractivity contribution < 1.29 is 4.42 Å². The molecule has 0 atom stereocenters. The molecule has 3 aromatic rings. The highest BCUT2D eigenvalue weighted by atomic mass is 16.3. The molecule has 4 rings (SSSR count). The molecule has 3 heterocycles. The predicted molar refractivity (Wildman–Crippen MR) is 109 cm³/mol. The number of oxazole rings is 1. The summed E-state index contributed by atoms with van der Waals surface area (Å²) in [6.45, 7) is 4.32. The number of hydrogen-bond donors (Lipinski definition) is 2. The van der Waals surface area contributed by atoms with E-state index in [-0.39, 0.29) is 0 Å². The van der Waals surface area contributed by atoms with Crippen molar-refractivity contribution in [1.82, 2.24) is 25.2 Å². The van der Waals surface area contributed by atoms with Crippen LogP contribution in [0.3, 0.4) is 0 Å². The van der Waals surface area contributed by atoms with Crippen molar-refractivity contribution in [3.63, 3.8) is 0 Å². The van der Waals surface area contributed by atoms with E-state index in [2.05, 4.69) is 50.4 Å². The van der Waals surface area contributed by atoms with Crippen LogP contribution >= 0.6 is 0 Å². The Morgan fingerprint density at radius 3 is 2.64 bits per heavy atom. The van der Waals surface area contributed by atoms with E-state index >= 15 is 0 Å². The van der Waals surface area contributed by atoms with Gasteiger partial charge in [-0.05, 0) is 31.9 Å². The quantitative estimate of drug-likeness (QED) is 0.527. The molecule has 2 N–H and O–H groups in total. The number of imidazole rings is 1. The summed E-state index contributed by atoms with van der Waals surface area (Å²) >= 11 is 0. The summed E-state index contributed by atoms with van der Waals surface area (Å²) in [5.41, 5.74) is 4.06. The lowest BCUT2D eigenvalue weighted by Gasteiger charge is -2.11. The summed E-state index contributed by atoms with van der Waals surface area (Å²) in [6, 6.07) is 8.14. The lowest BCUT2D eigenvalue weighted by atomic mass is 10.1. The minimum absolute atomic E-state index is 0.536. The van der Waals surface area contributed by atoms with Crippen LogP contribution in [-0.2, 0) is 26.1 Å². The molecule has 7 nitrogen and oxygen atoms in total. The molecule has 0 saturated carbocycles. The van der Waals surface area contributed by atoms with E-state index in [1.165, 1.54) is 24.2 Å². The first kappa shape index (κ1) is 18.3. The predicted octanol–water partition coefficient (Wildman–Crippen LogP) is 3.05. The normalized spacial score (nSPS) is 14.0. The van der Waals surface area contributed by atoms with Gasteiger partial charge in [-0.3, -0.25) is 4.99 Å². The first-order valence-electron chi connectivity index (χ1n) is 9.72. The molecule has 1 aliphatic heterocycles. The Balaban J connectivity index is 1.31. The van der Waals surface area contributed by atoms with Gasteiger partial charge in [0, 0.05) is 31.8 Å². The van der Waals surface area contributed by atoms with Crippen molar-refractivity contribution >= 4 is 5.96 Å². The molecular weight excluding hydrogens is 352 g/mol. The molecular formula is C21H26N6O. The zero-order valence-corrected chi connectivity index (χ0v) is 16.4. The largest absolute Gasteiger partial charge is 0.444 e. The molecule has 2 aromatic heterocycles. The van der Waals surface area contributed by atoms with Crippen LogP contribution in [0.4, 0.5) is 0 Å². The fourth-order valence-corrected chi connectivity index (χ4v) is 3.34. The second-order valence-electron chi connectivity index (χ2n) is 7.09. The Kier molecular flexibility index (Phi) is 5.41. The summed E-state index contributed by atoms with van der Waals surface area (Å²) in [7, 11) is 1.76. The summed E-state index contributed by atoms with van der Waals surface area (Å²) < 4.78 is 7.87. The molecule has 0 aliphatic carbocycles. The molecule has 0 saturated heterocycles. The number of nitrogens with zero attached hydrogens (tertiary/aromatic N) is 4. The maximum Gasteiger partial charge on any atom is 0.226 e. The standard InChI is InChI=1S/C21H26N6O/c1-15-6-8-16(9-7-15)20-26-18(14-28-20)12-24-21(22-2)23-11-17-13-27-10-4-3-5-19(27)25-17/h6-9,13-14H,3-5,10-12H2,1-2H3,(H2,22,23,24). The molecule has 0 amide bonds. The first-order chi connectivity index (χ1) is 13.7. The highest BCUT2D eigenvalue weighted by Gasteiger charge is 2.12. The van der Waals surface area contributed by atoms with Gasteiger partial charge in [0.25, 0.3) is 0 Å². The number of nitrogens with one attached hydrogen (secondary N) is 2. The lowest BCUT2D eigenvalue weighted by Crippen LogP contribution is -2.36. The van der Waals surface area contributed by atoms with Gasteiger partial charge in [0.1, 0.15) is 12.1 Å². The Bertz CT molecular complexity index is 930. The maximum absolute atomic E-state index is 5.61. The van der Waals surface area contributed by atoms with Gasteiger partial charge in [-0.2, -0.15) is 0 Å². The van der Waals surface area contributed by atoms with Gasteiger partial charge in [-0.1, -0.05) is 17.7 Å². The summed E-state index contributed by atoms with van der Waals surface area (Å²) in [5.74, 6) is 2.53. The number of rotatable bonds is 5. The van der Waals surface area contributed by atoms with Gasteiger partial charge < -0.3 is 19.6 Å². The van der Waals surface area contributed by atoms with Gasteiger partial charge in [0.2, 0.25) is 5.89 Å². The number of benzene rings is 1. The zero-order valence-electron chi connectivity index (χ0n) is 16.4. The number of aromatic nitrogens is 3. The lowest BCUT2D eigenvalue weighted by molar-refractivity contribution is 0.522. The van der Waals surface area contributed by atoms with Crippen LogP contribution in [0.5, 0.6) is 0 Å². The first-order valence-corrected chi connectivity index (χ1v) is 9.72. The fourth-order valence-electron chi connectivity index (χ4n) is 3.34. The molecule has 146 valence electrons. The van der Waals surface area contributed by atoms with Crippen LogP contribution in [0.15, 0.2) is 46.1 Å². The number of hydrogen-bond acceptors (Lipinski definition) is 4. The van der Waals surface area contributed by atoms with E-state index in [0.29, 0.717) is 24.9 Å². The van der Waals surface area contributed by atoms with E-state index in [0.717, 1.165) is 29.9 Å².